The lowest BCUT2D eigenvalue weighted by molar-refractivity contribution is -0.138. The average molecular weight is 170 g/mol. The first-order valence-electron chi connectivity index (χ1n) is 2.74. The Bertz CT molecular complexity index is 164. The summed E-state index contributed by atoms with van der Waals surface area (Å²) in [6, 6.07) is 0. The standard InChI is InChI=1S/C6H8O4.Mg.2H/c1-2-10-6(9)4-3-5(7)8;;;/h3-4H,2H2,1H3,(H,7,8);;;/b4-3+;;;. The zero-order valence-electron chi connectivity index (χ0n) is 5.53. The van der Waals surface area contributed by atoms with E-state index in [-0.39, 0.29) is 29.7 Å². The van der Waals surface area contributed by atoms with Crippen LogP contribution in [0.1, 0.15) is 6.92 Å². The summed E-state index contributed by atoms with van der Waals surface area (Å²) in [5.74, 6) is -1.79. The second kappa shape index (κ2) is 7.55. The Morgan fingerprint density at radius 2 is 2.00 bits per heavy atom. The number of aliphatic carboxylic acids is 1. The number of carbonyl (C=O) groups is 2. The van der Waals surface area contributed by atoms with E-state index in [2.05, 4.69) is 4.74 Å². The fourth-order valence-electron chi connectivity index (χ4n) is 0.330. The van der Waals surface area contributed by atoms with Crippen molar-refractivity contribution in [2.45, 2.75) is 6.92 Å². The molecule has 0 radical (unpaired) electrons. The Morgan fingerprint density at radius 3 is 2.36 bits per heavy atom. The number of carboxylic acids is 1. The van der Waals surface area contributed by atoms with Crippen LogP contribution in [0.3, 0.4) is 0 Å². The summed E-state index contributed by atoms with van der Waals surface area (Å²) >= 11 is 0. The van der Waals surface area contributed by atoms with Crippen molar-refractivity contribution in [3.63, 3.8) is 0 Å². The quantitative estimate of drug-likeness (QED) is 0.345. The summed E-state index contributed by atoms with van der Waals surface area (Å²) < 4.78 is 4.40. The van der Waals surface area contributed by atoms with Gasteiger partial charge in [-0.2, -0.15) is 0 Å². The van der Waals surface area contributed by atoms with Crippen LogP contribution < -0.4 is 0 Å². The molecule has 0 aliphatic rings. The lowest BCUT2D eigenvalue weighted by atomic mass is 10.5. The zero-order valence-corrected chi connectivity index (χ0v) is 5.53. The number of carboxylic acid groups (broad SMARTS) is 1. The summed E-state index contributed by atoms with van der Waals surface area (Å²) in [4.78, 5) is 20.2. The number of rotatable bonds is 3. The molecule has 0 aliphatic heterocycles. The summed E-state index contributed by atoms with van der Waals surface area (Å²) in [5.41, 5.74) is 0. The van der Waals surface area contributed by atoms with Crippen molar-refractivity contribution in [1.82, 2.24) is 0 Å². The smallest absolute Gasteiger partial charge is 0.330 e. The number of hydrogen-bond acceptors (Lipinski definition) is 3. The van der Waals surface area contributed by atoms with Gasteiger partial charge in [0.2, 0.25) is 0 Å². The first-order chi connectivity index (χ1) is 4.66. The molecule has 60 valence electrons. The highest BCUT2D eigenvalue weighted by atomic mass is 24.3. The van der Waals surface area contributed by atoms with E-state index in [1.807, 2.05) is 0 Å². The topological polar surface area (TPSA) is 63.6 Å². The fraction of sp³-hybridized carbons (Fsp3) is 0.333. The van der Waals surface area contributed by atoms with Crippen LogP contribution in [0.25, 0.3) is 0 Å². The molecule has 0 heterocycles. The van der Waals surface area contributed by atoms with Gasteiger partial charge in [0.1, 0.15) is 0 Å². The molecule has 0 rings (SSSR count). The Balaban J connectivity index is 0. The van der Waals surface area contributed by atoms with Crippen molar-refractivity contribution in [3.05, 3.63) is 12.2 Å². The van der Waals surface area contributed by atoms with Crippen LogP contribution >= 0.6 is 0 Å². The molecule has 5 heteroatoms. The zero-order chi connectivity index (χ0) is 7.98. The third-order valence-electron chi connectivity index (χ3n) is 0.649. The van der Waals surface area contributed by atoms with E-state index in [1.54, 1.807) is 6.92 Å². The van der Waals surface area contributed by atoms with Crippen molar-refractivity contribution >= 4 is 35.0 Å². The summed E-state index contributed by atoms with van der Waals surface area (Å²) in [5, 5.41) is 8.04. The molecule has 0 aliphatic carbocycles. The molecule has 1 N–H and O–H groups in total. The van der Waals surface area contributed by atoms with Gasteiger partial charge in [-0.05, 0) is 6.92 Å². The van der Waals surface area contributed by atoms with E-state index in [1.165, 1.54) is 0 Å². The van der Waals surface area contributed by atoms with Crippen molar-refractivity contribution in [1.29, 1.82) is 0 Å². The molecule has 0 unspecified atom stereocenters. The molecule has 0 bridgehead atoms. The van der Waals surface area contributed by atoms with Gasteiger partial charge in [-0.25, -0.2) is 9.59 Å². The van der Waals surface area contributed by atoms with Gasteiger partial charge in [-0.15, -0.1) is 0 Å². The third kappa shape index (κ3) is 9.45. The van der Waals surface area contributed by atoms with Crippen molar-refractivity contribution in [3.8, 4) is 0 Å². The lowest BCUT2D eigenvalue weighted by Gasteiger charge is -1.92. The van der Waals surface area contributed by atoms with Crippen molar-refractivity contribution in [2.24, 2.45) is 0 Å². The van der Waals surface area contributed by atoms with E-state index in [0.717, 1.165) is 12.2 Å². The van der Waals surface area contributed by atoms with E-state index >= 15 is 0 Å². The number of ether oxygens (including phenoxy) is 1. The molecule has 0 saturated heterocycles. The minimum absolute atomic E-state index is 0. The van der Waals surface area contributed by atoms with E-state index in [4.69, 9.17) is 5.11 Å². The van der Waals surface area contributed by atoms with Crippen LogP contribution in [0.5, 0.6) is 0 Å². The first-order valence-corrected chi connectivity index (χ1v) is 2.74. The van der Waals surface area contributed by atoms with Crippen LogP contribution in [0.4, 0.5) is 0 Å². The molecule has 0 amide bonds. The summed E-state index contributed by atoms with van der Waals surface area (Å²) in [6.07, 6.45) is 1.60. The van der Waals surface area contributed by atoms with Crippen LogP contribution in [-0.2, 0) is 14.3 Å². The van der Waals surface area contributed by atoms with Crippen LogP contribution in [-0.4, -0.2) is 46.7 Å². The van der Waals surface area contributed by atoms with Crippen LogP contribution in [0, 0.1) is 0 Å². The number of hydrogen-bond donors (Lipinski definition) is 1. The molecule has 0 spiro atoms. The maximum Gasteiger partial charge on any atom is 0.330 e. The van der Waals surface area contributed by atoms with E-state index in [9.17, 15) is 9.59 Å². The highest BCUT2D eigenvalue weighted by Gasteiger charge is 1.94. The van der Waals surface area contributed by atoms with E-state index < -0.39 is 11.9 Å². The molecule has 0 atom stereocenters. The Labute approximate surface area is 80.4 Å². The summed E-state index contributed by atoms with van der Waals surface area (Å²) in [7, 11) is 0. The molecule has 0 fully saturated rings. The molecule has 0 aromatic heterocycles. The summed E-state index contributed by atoms with van der Waals surface area (Å²) in [6.45, 7) is 1.90. The molecular weight excluding hydrogens is 160 g/mol. The first kappa shape index (κ1) is 13.1. The molecular formula is C6H10MgO4. The molecule has 11 heavy (non-hydrogen) atoms. The predicted octanol–water partition coefficient (Wildman–Crippen LogP) is -0.726. The van der Waals surface area contributed by atoms with Crippen LogP contribution in [0.2, 0.25) is 0 Å². The van der Waals surface area contributed by atoms with Gasteiger partial charge in [0.05, 0.1) is 6.61 Å². The van der Waals surface area contributed by atoms with Gasteiger partial charge in [-0.3, -0.25) is 0 Å². The van der Waals surface area contributed by atoms with Gasteiger partial charge < -0.3 is 9.84 Å². The SMILES string of the molecule is CCOC(=O)/C=C/C(=O)O.[MgH2]. The molecule has 0 aromatic rings. The predicted molar refractivity (Wildman–Crippen MR) is 42.0 cm³/mol. The number of esters is 1. The molecule has 4 nitrogen and oxygen atoms in total. The highest BCUT2D eigenvalue weighted by molar-refractivity contribution is 5.90. The van der Waals surface area contributed by atoms with E-state index in [0.29, 0.717) is 0 Å². The van der Waals surface area contributed by atoms with Crippen molar-refractivity contribution < 1.29 is 19.4 Å². The monoisotopic (exact) mass is 170 g/mol. The average Bonchev–Trinajstić information content (AvgIpc) is 1.85. The molecule has 0 saturated carbocycles. The lowest BCUT2D eigenvalue weighted by Crippen LogP contribution is -2.00. The van der Waals surface area contributed by atoms with Gasteiger partial charge in [-0.1, -0.05) is 0 Å². The minimum Gasteiger partial charge on any atom is -0.478 e. The number of carbonyl (C=O) groups excluding carboxylic acids is 1. The minimum atomic E-state index is -1.16. The van der Waals surface area contributed by atoms with Gasteiger partial charge in [0.15, 0.2) is 0 Å². The van der Waals surface area contributed by atoms with Gasteiger partial charge >= 0.3 is 35.0 Å². The highest BCUT2D eigenvalue weighted by Crippen LogP contribution is 1.80. The fourth-order valence-corrected chi connectivity index (χ4v) is 0.330. The second-order valence-corrected chi connectivity index (χ2v) is 1.42. The maximum atomic E-state index is 10.4. The van der Waals surface area contributed by atoms with Crippen LogP contribution in [0.15, 0.2) is 12.2 Å². The van der Waals surface area contributed by atoms with Crippen molar-refractivity contribution in [2.75, 3.05) is 6.61 Å². The Morgan fingerprint density at radius 1 is 1.45 bits per heavy atom. The Kier molecular flexibility index (Phi) is 8.97. The maximum absolute atomic E-state index is 10.4. The second-order valence-electron chi connectivity index (χ2n) is 1.42. The largest absolute Gasteiger partial charge is 0.478 e. The van der Waals surface area contributed by atoms with Gasteiger partial charge in [0, 0.05) is 12.2 Å². The normalized spacial score (nSPS) is 8.82. The third-order valence-corrected chi connectivity index (χ3v) is 0.649. The van der Waals surface area contributed by atoms with Gasteiger partial charge in [0.25, 0.3) is 0 Å². The Hall–Kier alpha value is -0.554. The molecule has 0 aromatic carbocycles.